The predicted octanol–water partition coefficient (Wildman–Crippen LogP) is 0.378. The average molecular weight is 179 g/mol. The van der Waals surface area contributed by atoms with E-state index in [0.29, 0.717) is 12.6 Å². The molecule has 0 aromatic heterocycles. The number of carbonyl (C=O) groups excluding carboxylic acids is 1. The largest absolute Gasteiger partial charge is 0.339 e. The molecule has 1 amide bonds. The van der Waals surface area contributed by atoms with Crippen LogP contribution in [-0.4, -0.2) is 29.9 Å². The average Bonchev–Trinajstić information content (AvgIpc) is 2.33. The van der Waals surface area contributed by atoms with Gasteiger partial charge in [0.2, 0.25) is 5.91 Å². The summed E-state index contributed by atoms with van der Waals surface area (Å²) in [6, 6.07) is 0.317. The Balaban J connectivity index is 0.000001000. The van der Waals surface area contributed by atoms with Crippen LogP contribution in [0.5, 0.6) is 0 Å². The van der Waals surface area contributed by atoms with E-state index in [1.54, 1.807) is 6.92 Å². The molecule has 0 saturated carbocycles. The molecule has 1 saturated heterocycles. The molecule has 0 bridgehead atoms. The van der Waals surface area contributed by atoms with Crippen LogP contribution in [0.25, 0.3) is 0 Å². The fourth-order valence-corrected chi connectivity index (χ4v) is 1.50. The van der Waals surface area contributed by atoms with E-state index in [2.05, 4.69) is 0 Å². The number of nitrogens with zero attached hydrogens (tertiary/aromatic N) is 1. The Labute approximate surface area is 73.3 Å². The van der Waals surface area contributed by atoms with Gasteiger partial charge in [-0.15, -0.1) is 12.4 Å². The summed E-state index contributed by atoms with van der Waals surface area (Å²) in [5, 5.41) is 0. The lowest BCUT2D eigenvalue weighted by molar-refractivity contribution is -0.129. The molecule has 3 nitrogen and oxygen atoms in total. The van der Waals surface area contributed by atoms with E-state index in [0.717, 1.165) is 19.4 Å². The molecule has 66 valence electrons. The van der Waals surface area contributed by atoms with Crippen molar-refractivity contribution < 1.29 is 4.79 Å². The van der Waals surface area contributed by atoms with Crippen LogP contribution in [0.1, 0.15) is 19.8 Å². The summed E-state index contributed by atoms with van der Waals surface area (Å²) in [6.07, 6.45) is 2.19. The molecule has 11 heavy (non-hydrogen) atoms. The van der Waals surface area contributed by atoms with Crippen molar-refractivity contribution in [3.8, 4) is 0 Å². The molecule has 0 aromatic rings. The summed E-state index contributed by atoms with van der Waals surface area (Å²) < 4.78 is 0. The van der Waals surface area contributed by atoms with Crippen LogP contribution in [0.15, 0.2) is 0 Å². The molecule has 0 aromatic carbocycles. The van der Waals surface area contributed by atoms with E-state index in [9.17, 15) is 4.79 Å². The molecule has 2 N–H and O–H groups in total. The highest BCUT2D eigenvalue weighted by Gasteiger charge is 2.24. The lowest BCUT2D eigenvalue weighted by Gasteiger charge is -2.21. The smallest absolute Gasteiger partial charge is 0.219 e. The van der Waals surface area contributed by atoms with Crippen LogP contribution >= 0.6 is 12.4 Å². The Morgan fingerprint density at radius 2 is 2.36 bits per heavy atom. The maximum absolute atomic E-state index is 10.9. The summed E-state index contributed by atoms with van der Waals surface area (Å²) in [5.74, 6) is 0.160. The number of hydrogen-bond donors (Lipinski definition) is 1. The Morgan fingerprint density at radius 1 is 1.73 bits per heavy atom. The molecule has 1 aliphatic heterocycles. The quantitative estimate of drug-likeness (QED) is 0.631. The van der Waals surface area contributed by atoms with Gasteiger partial charge in [0, 0.05) is 26.1 Å². The van der Waals surface area contributed by atoms with Crippen molar-refractivity contribution >= 4 is 18.3 Å². The van der Waals surface area contributed by atoms with E-state index in [4.69, 9.17) is 5.73 Å². The Kier molecular flexibility index (Phi) is 4.45. The van der Waals surface area contributed by atoms with Crippen molar-refractivity contribution in [2.24, 2.45) is 5.73 Å². The summed E-state index contributed by atoms with van der Waals surface area (Å²) in [7, 11) is 0. The van der Waals surface area contributed by atoms with Crippen LogP contribution in [0, 0.1) is 0 Å². The number of likely N-dealkylation sites (tertiary alicyclic amines) is 1. The number of halogens is 1. The first-order valence-electron chi connectivity index (χ1n) is 3.73. The van der Waals surface area contributed by atoms with Gasteiger partial charge >= 0.3 is 0 Å². The van der Waals surface area contributed by atoms with Crippen LogP contribution < -0.4 is 5.73 Å². The molecule has 1 aliphatic rings. The van der Waals surface area contributed by atoms with E-state index in [-0.39, 0.29) is 18.3 Å². The van der Waals surface area contributed by atoms with E-state index in [1.165, 1.54) is 0 Å². The lowest BCUT2D eigenvalue weighted by Crippen LogP contribution is -2.38. The highest BCUT2D eigenvalue weighted by Crippen LogP contribution is 2.15. The lowest BCUT2D eigenvalue weighted by atomic mass is 10.2. The summed E-state index contributed by atoms with van der Waals surface area (Å²) in [4.78, 5) is 12.7. The minimum atomic E-state index is 0. The van der Waals surface area contributed by atoms with Crippen LogP contribution in [0.3, 0.4) is 0 Å². The third kappa shape index (κ3) is 2.34. The van der Waals surface area contributed by atoms with Gasteiger partial charge in [-0.2, -0.15) is 0 Å². The van der Waals surface area contributed by atoms with E-state index in [1.807, 2.05) is 4.90 Å². The molecule has 4 heteroatoms. The maximum atomic E-state index is 10.9. The van der Waals surface area contributed by atoms with Gasteiger partial charge in [0.15, 0.2) is 0 Å². The molecule has 1 atom stereocenters. The maximum Gasteiger partial charge on any atom is 0.219 e. The first kappa shape index (κ1) is 10.7. The predicted molar refractivity (Wildman–Crippen MR) is 46.7 cm³/mol. The number of amides is 1. The highest BCUT2D eigenvalue weighted by atomic mass is 35.5. The zero-order valence-corrected chi connectivity index (χ0v) is 7.56. The van der Waals surface area contributed by atoms with Gasteiger partial charge in [0.05, 0.1) is 0 Å². The molecule has 0 radical (unpaired) electrons. The van der Waals surface area contributed by atoms with Gasteiger partial charge in [-0.25, -0.2) is 0 Å². The van der Waals surface area contributed by atoms with Crippen molar-refractivity contribution in [2.45, 2.75) is 25.8 Å². The molecule has 1 fully saturated rings. The van der Waals surface area contributed by atoms with Gasteiger partial charge < -0.3 is 10.6 Å². The summed E-state index contributed by atoms with van der Waals surface area (Å²) in [6.45, 7) is 3.12. The number of hydrogen-bond acceptors (Lipinski definition) is 2. The van der Waals surface area contributed by atoms with Crippen molar-refractivity contribution in [1.29, 1.82) is 0 Å². The van der Waals surface area contributed by atoms with Crippen LogP contribution in [-0.2, 0) is 4.79 Å². The van der Waals surface area contributed by atoms with Gasteiger partial charge in [-0.1, -0.05) is 0 Å². The van der Waals surface area contributed by atoms with Gasteiger partial charge in [-0.05, 0) is 12.8 Å². The summed E-state index contributed by atoms with van der Waals surface area (Å²) >= 11 is 0. The normalized spacial score (nSPS) is 23.1. The van der Waals surface area contributed by atoms with Crippen molar-refractivity contribution in [3.63, 3.8) is 0 Å². The molecular formula is C7H15ClN2O. The third-order valence-electron chi connectivity index (χ3n) is 2.05. The molecule has 1 heterocycles. The monoisotopic (exact) mass is 178 g/mol. The fraction of sp³-hybridized carbons (Fsp3) is 0.857. The van der Waals surface area contributed by atoms with Crippen molar-refractivity contribution in [2.75, 3.05) is 13.1 Å². The van der Waals surface area contributed by atoms with Crippen molar-refractivity contribution in [3.05, 3.63) is 0 Å². The zero-order chi connectivity index (χ0) is 7.56. The molecular weight excluding hydrogens is 164 g/mol. The van der Waals surface area contributed by atoms with Crippen LogP contribution in [0.4, 0.5) is 0 Å². The Bertz CT molecular complexity index is 140. The second kappa shape index (κ2) is 4.57. The van der Waals surface area contributed by atoms with Crippen molar-refractivity contribution in [1.82, 2.24) is 4.90 Å². The zero-order valence-electron chi connectivity index (χ0n) is 6.75. The number of nitrogens with two attached hydrogens (primary N) is 1. The van der Waals surface area contributed by atoms with Gasteiger partial charge in [0.25, 0.3) is 0 Å². The first-order valence-corrected chi connectivity index (χ1v) is 3.73. The van der Waals surface area contributed by atoms with E-state index >= 15 is 0 Å². The molecule has 1 rings (SSSR count). The SMILES string of the molecule is CC(=O)N1CCCC1CN.Cl. The van der Waals surface area contributed by atoms with Gasteiger partial charge in [-0.3, -0.25) is 4.79 Å². The Hall–Kier alpha value is -0.280. The highest BCUT2D eigenvalue weighted by molar-refractivity contribution is 5.85. The standard InChI is InChI=1S/C7H14N2O.ClH/c1-6(10)9-4-2-3-7(9)5-8;/h7H,2-5,8H2,1H3;1H. The topological polar surface area (TPSA) is 46.3 Å². The molecule has 1 unspecified atom stereocenters. The minimum Gasteiger partial charge on any atom is -0.339 e. The van der Waals surface area contributed by atoms with E-state index < -0.39 is 0 Å². The molecule has 0 aliphatic carbocycles. The van der Waals surface area contributed by atoms with Gasteiger partial charge in [0.1, 0.15) is 0 Å². The second-order valence-corrected chi connectivity index (χ2v) is 2.74. The fourth-order valence-electron chi connectivity index (χ4n) is 1.50. The second-order valence-electron chi connectivity index (χ2n) is 2.74. The summed E-state index contributed by atoms with van der Waals surface area (Å²) in [5.41, 5.74) is 5.47. The minimum absolute atomic E-state index is 0. The first-order chi connectivity index (χ1) is 4.75. The number of carbonyl (C=O) groups is 1. The van der Waals surface area contributed by atoms with Crippen LogP contribution in [0.2, 0.25) is 0 Å². The number of rotatable bonds is 1. The third-order valence-corrected chi connectivity index (χ3v) is 2.05. The molecule has 0 spiro atoms. The Morgan fingerprint density at radius 3 is 2.73 bits per heavy atom.